The standard InChI is InChI=1S/C22H35N5O3/c1-22(2,3)26-20(28)15-24-21(23-14-17-7-5-10-27(17)4)25-16-8-9-18-19(13-16)30-12-6-11-29-18/h8-9,13,17H,5-7,10-12,14-15H2,1-4H3,(H,26,28)(H2,23,24,25). The Labute approximate surface area is 179 Å². The molecule has 1 aromatic rings. The molecule has 3 rings (SSSR count). The summed E-state index contributed by atoms with van der Waals surface area (Å²) in [5.74, 6) is 1.94. The van der Waals surface area contributed by atoms with E-state index < -0.39 is 0 Å². The Kier molecular flexibility index (Phi) is 7.42. The monoisotopic (exact) mass is 417 g/mol. The minimum absolute atomic E-state index is 0.0532. The molecule has 2 aliphatic rings. The molecule has 0 radical (unpaired) electrons. The van der Waals surface area contributed by atoms with Crippen LogP contribution in [0.4, 0.5) is 5.69 Å². The highest BCUT2D eigenvalue weighted by atomic mass is 16.5. The number of anilines is 1. The Hall–Kier alpha value is -2.48. The molecule has 0 saturated carbocycles. The average molecular weight is 418 g/mol. The van der Waals surface area contributed by atoms with E-state index in [0.29, 0.717) is 25.2 Å². The van der Waals surface area contributed by atoms with Crippen LogP contribution in [0.25, 0.3) is 0 Å². The number of carbonyl (C=O) groups excluding carboxylic acids is 1. The summed E-state index contributed by atoms with van der Waals surface area (Å²) in [6.45, 7) is 9.11. The normalized spacial score (nSPS) is 19.9. The second-order valence-corrected chi connectivity index (χ2v) is 8.96. The van der Waals surface area contributed by atoms with Crippen molar-refractivity contribution in [3.8, 4) is 11.5 Å². The molecule has 8 heteroatoms. The number of nitrogens with one attached hydrogen (secondary N) is 3. The lowest BCUT2D eigenvalue weighted by Gasteiger charge is -2.22. The van der Waals surface area contributed by atoms with E-state index in [-0.39, 0.29) is 18.0 Å². The predicted octanol–water partition coefficient (Wildman–Crippen LogP) is 2.21. The number of carbonyl (C=O) groups is 1. The van der Waals surface area contributed by atoms with E-state index in [0.717, 1.165) is 43.1 Å². The topological polar surface area (TPSA) is 87.2 Å². The van der Waals surface area contributed by atoms with Crippen LogP contribution < -0.4 is 25.4 Å². The number of rotatable bonds is 5. The van der Waals surface area contributed by atoms with Crippen LogP contribution in [0.3, 0.4) is 0 Å². The van der Waals surface area contributed by atoms with Gasteiger partial charge in [-0.3, -0.25) is 4.79 Å². The molecule has 1 fully saturated rings. The number of guanidine groups is 1. The Balaban J connectivity index is 1.68. The van der Waals surface area contributed by atoms with Crippen molar-refractivity contribution in [2.45, 2.75) is 51.6 Å². The molecule has 3 N–H and O–H groups in total. The maximum atomic E-state index is 12.2. The molecule has 166 valence electrons. The number of benzene rings is 1. The van der Waals surface area contributed by atoms with E-state index in [4.69, 9.17) is 9.47 Å². The van der Waals surface area contributed by atoms with Crippen LogP contribution >= 0.6 is 0 Å². The molecule has 0 aromatic heterocycles. The lowest BCUT2D eigenvalue weighted by molar-refractivity contribution is -0.121. The van der Waals surface area contributed by atoms with Crippen LogP contribution in [0.15, 0.2) is 23.2 Å². The van der Waals surface area contributed by atoms with Crippen LogP contribution in [-0.4, -0.2) is 68.2 Å². The highest BCUT2D eigenvalue weighted by Crippen LogP contribution is 2.32. The molecule has 0 aliphatic carbocycles. The fourth-order valence-electron chi connectivity index (χ4n) is 3.58. The van der Waals surface area contributed by atoms with Gasteiger partial charge in [-0.2, -0.15) is 0 Å². The summed E-state index contributed by atoms with van der Waals surface area (Å²) in [5.41, 5.74) is 0.552. The van der Waals surface area contributed by atoms with Gasteiger partial charge in [-0.1, -0.05) is 0 Å². The molecule has 1 saturated heterocycles. The van der Waals surface area contributed by atoms with Gasteiger partial charge in [0.1, 0.15) is 6.54 Å². The van der Waals surface area contributed by atoms with Crippen molar-refractivity contribution in [1.29, 1.82) is 0 Å². The highest BCUT2D eigenvalue weighted by Gasteiger charge is 2.21. The van der Waals surface area contributed by atoms with E-state index >= 15 is 0 Å². The number of aliphatic imine (C=N–C) groups is 1. The molecule has 0 bridgehead atoms. The lowest BCUT2D eigenvalue weighted by atomic mass is 10.1. The van der Waals surface area contributed by atoms with Gasteiger partial charge in [0, 0.05) is 36.3 Å². The third-order valence-electron chi connectivity index (χ3n) is 5.08. The Morgan fingerprint density at radius 3 is 2.67 bits per heavy atom. The van der Waals surface area contributed by atoms with E-state index in [1.54, 1.807) is 0 Å². The molecule has 1 aromatic carbocycles. The van der Waals surface area contributed by atoms with E-state index in [1.165, 1.54) is 6.42 Å². The number of hydrogen-bond donors (Lipinski definition) is 3. The van der Waals surface area contributed by atoms with Crippen LogP contribution in [0.2, 0.25) is 0 Å². The van der Waals surface area contributed by atoms with E-state index in [2.05, 4.69) is 32.9 Å². The molecule has 30 heavy (non-hydrogen) atoms. The molecule has 1 amide bonds. The van der Waals surface area contributed by atoms with Gasteiger partial charge in [-0.15, -0.1) is 0 Å². The Morgan fingerprint density at radius 2 is 1.97 bits per heavy atom. The maximum absolute atomic E-state index is 12.2. The third kappa shape index (κ3) is 6.79. The van der Waals surface area contributed by atoms with Crippen molar-refractivity contribution in [1.82, 2.24) is 15.5 Å². The largest absolute Gasteiger partial charge is 0.490 e. The van der Waals surface area contributed by atoms with Gasteiger partial charge in [0.25, 0.3) is 0 Å². The summed E-state index contributed by atoms with van der Waals surface area (Å²) in [6, 6.07) is 6.21. The first-order valence-corrected chi connectivity index (χ1v) is 10.8. The molecular formula is C22H35N5O3. The highest BCUT2D eigenvalue weighted by molar-refractivity contribution is 5.95. The van der Waals surface area contributed by atoms with Crippen molar-refractivity contribution in [2.24, 2.45) is 4.99 Å². The maximum Gasteiger partial charge on any atom is 0.242 e. The molecular weight excluding hydrogens is 382 g/mol. The molecule has 1 atom stereocenters. The second kappa shape index (κ2) is 10.0. The predicted molar refractivity (Wildman–Crippen MR) is 120 cm³/mol. The van der Waals surface area contributed by atoms with Crippen LogP contribution in [0.5, 0.6) is 11.5 Å². The van der Waals surface area contributed by atoms with Gasteiger partial charge in [0.15, 0.2) is 17.5 Å². The number of amides is 1. The fourth-order valence-corrected chi connectivity index (χ4v) is 3.58. The summed E-state index contributed by atoms with van der Waals surface area (Å²) < 4.78 is 11.5. The first-order valence-electron chi connectivity index (χ1n) is 10.8. The van der Waals surface area contributed by atoms with Crippen LogP contribution in [-0.2, 0) is 4.79 Å². The minimum Gasteiger partial charge on any atom is -0.490 e. The van der Waals surface area contributed by atoms with Gasteiger partial charge in [-0.25, -0.2) is 4.99 Å². The zero-order valence-electron chi connectivity index (χ0n) is 18.6. The smallest absolute Gasteiger partial charge is 0.242 e. The quantitative estimate of drug-likeness (QED) is 0.503. The minimum atomic E-state index is -0.283. The van der Waals surface area contributed by atoms with Crippen molar-refractivity contribution in [3.05, 3.63) is 18.2 Å². The van der Waals surface area contributed by atoms with Gasteiger partial charge in [0.2, 0.25) is 5.91 Å². The fraction of sp³-hybridized carbons (Fsp3) is 0.636. The molecule has 8 nitrogen and oxygen atoms in total. The van der Waals surface area contributed by atoms with Crippen LogP contribution in [0, 0.1) is 0 Å². The Bertz CT molecular complexity index is 760. The third-order valence-corrected chi connectivity index (χ3v) is 5.08. The number of ether oxygens (including phenoxy) is 2. The summed E-state index contributed by atoms with van der Waals surface area (Å²) >= 11 is 0. The second-order valence-electron chi connectivity index (χ2n) is 8.96. The zero-order chi connectivity index (χ0) is 21.6. The van der Waals surface area contributed by atoms with Gasteiger partial charge >= 0.3 is 0 Å². The molecule has 1 unspecified atom stereocenters. The van der Waals surface area contributed by atoms with Crippen molar-refractivity contribution in [3.63, 3.8) is 0 Å². The van der Waals surface area contributed by atoms with E-state index in [9.17, 15) is 4.79 Å². The molecule has 2 heterocycles. The summed E-state index contributed by atoms with van der Waals surface area (Å²) in [7, 11) is 2.14. The number of likely N-dealkylation sites (N-methyl/N-ethyl adjacent to an activating group) is 1. The first kappa shape index (κ1) is 22.2. The SMILES string of the molecule is CN1CCCC1CNC(=NCC(=O)NC(C)(C)C)Nc1ccc2c(c1)OCCCO2. The van der Waals surface area contributed by atoms with Gasteiger partial charge in [0.05, 0.1) is 13.2 Å². The van der Waals surface area contributed by atoms with Gasteiger partial charge < -0.3 is 30.3 Å². The summed E-state index contributed by atoms with van der Waals surface area (Å²) in [4.78, 5) is 19.1. The van der Waals surface area contributed by atoms with E-state index in [1.807, 2.05) is 39.0 Å². The molecule has 0 spiro atoms. The first-order chi connectivity index (χ1) is 14.3. The number of likely N-dealkylation sites (tertiary alicyclic amines) is 1. The van der Waals surface area contributed by atoms with Gasteiger partial charge in [-0.05, 0) is 59.3 Å². The lowest BCUT2D eigenvalue weighted by Crippen LogP contribution is -2.43. The summed E-state index contributed by atoms with van der Waals surface area (Å²) in [6.07, 6.45) is 3.23. The van der Waals surface area contributed by atoms with Crippen LogP contribution in [0.1, 0.15) is 40.0 Å². The van der Waals surface area contributed by atoms with Crippen molar-refractivity contribution < 1.29 is 14.3 Å². The summed E-state index contributed by atoms with van der Waals surface area (Å²) in [5, 5.41) is 9.65. The Morgan fingerprint density at radius 1 is 1.20 bits per heavy atom. The van der Waals surface area contributed by atoms with Crippen molar-refractivity contribution >= 4 is 17.6 Å². The van der Waals surface area contributed by atoms with Crippen molar-refractivity contribution in [2.75, 3.05) is 45.2 Å². The number of fused-ring (bicyclic) bond motifs is 1. The number of hydrogen-bond acceptors (Lipinski definition) is 5. The molecule has 2 aliphatic heterocycles. The average Bonchev–Trinajstić information content (AvgIpc) is 2.94. The zero-order valence-corrected chi connectivity index (χ0v) is 18.6. The number of nitrogens with zero attached hydrogens (tertiary/aromatic N) is 2.